The number of hydrogen-bond acceptors (Lipinski definition) is 2. The molecule has 0 atom stereocenters. The van der Waals surface area contributed by atoms with E-state index in [0.717, 1.165) is 51.6 Å². The van der Waals surface area contributed by atoms with Crippen LogP contribution in [0.3, 0.4) is 0 Å². The zero-order valence-corrected chi connectivity index (χ0v) is 33.1. The van der Waals surface area contributed by atoms with Crippen molar-refractivity contribution in [3.05, 3.63) is 81.9 Å². The summed E-state index contributed by atoms with van der Waals surface area (Å²) < 4.78 is 2.08. The van der Waals surface area contributed by atoms with Crippen molar-refractivity contribution in [3.63, 3.8) is 0 Å². The molecular formula is C18H17Ac3Br2N4O2-3. The summed E-state index contributed by atoms with van der Waals surface area (Å²) in [5, 5.41) is 19.2. The number of hydrogen-bond donors (Lipinski definition) is 0. The standard InChI is InChI=1S/C9H8BrN2O2.C9H9BrN2.3Ac/c10-8-1-2-9(12(13)14)7-5-11-4-3-6(7)8;10-8-1-2-9(11)7-5-12-4-3-6(7)8;;;/h1-2H,3-5H2;1-2,11H,3-5H2;;;/q-1;-2;;;. The van der Waals surface area contributed by atoms with Gasteiger partial charge in [-0.2, -0.15) is 0 Å². The average molecular weight is 1160 g/mol. The molecule has 2 aromatic rings. The normalized spacial score (nSPS) is 13.7. The van der Waals surface area contributed by atoms with Crippen LogP contribution in [0.5, 0.6) is 0 Å². The van der Waals surface area contributed by atoms with Crippen molar-refractivity contribution < 1.29 is 137 Å². The number of nitrogens with one attached hydrogen (secondary N) is 1. The minimum Gasteiger partial charge on any atom is -0.699 e. The zero-order chi connectivity index (χ0) is 18.7. The Labute approximate surface area is 295 Å². The molecule has 0 spiro atoms. The van der Waals surface area contributed by atoms with E-state index in [9.17, 15) is 10.1 Å². The van der Waals surface area contributed by atoms with Gasteiger partial charge < -0.3 is 16.4 Å². The van der Waals surface area contributed by atoms with E-state index in [1.807, 2.05) is 12.1 Å². The van der Waals surface area contributed by atoms with Gasteiger partial charge in [-0.05, 0) is 36.1 Å². The van der Waals surface area contributed by atoms with E-state index in [1.54, 1.807) is 6.07 Å². The van der Waals surface area contributed by atoms with Gasteiger partial charge in [0.05, 0.1) is 4.92 Å². The van der Waals surface area contributed by atoms with Gasteiger partial charge in [-0.1, -0.05) is 43.5 Å². The Hall–Kier alpha value is 2.84. The van der Waals surface area contributed by atoms with Crippen LogP contribution in [0, 0.1) is 142 Å². The van der Waals surface area contributed by atoms with E-state index in [2.05, 4.69) is 42.5 Å². The number of fused-ring (bicyclic) bond motifs is 2. The van der Waals surface area contributed by atoms with E-state index in [0.29, 0.717) is 18.8 Å². The molecule has 0 aromatic heterocycles. The summed E-state index contributed by atoms with van der Waals surface area (Å²) in [7, 11) is 0. The fourth-order valence-electron chi connectivity index (χ4n) is 3.15. The summed E-state index contributed by atoms with van der Waals surface area (Å²) >= 11 is 6.89. The largest absolute Gasteiger partial charge is 0.699 e. The minimum absolute atomic E-state index is 0. The van der Waals surface area contributed by atoms with Gasteiger partial charge in [-0.3, -0.25) is 10.1 Å². The Bertz CT molecular complexity index is 825. The molecule has 2 aromatic carbocycles. The first-order valence-corrected chi connectivity index (χ1v) is 9.80. The first-order valence-electron chi connectivity index (χ1n) is 8.22. The molecule has 0 bridgehead atoms. The predicted molar refractivity (Wildman–Crippen MR) is 110 cm³/mol. The molecule has 6 nitrogen and oxygen atoms in total. The third-order valence-electron chi connectivity index (χ3n) is 4.50. The molecule has 0 saturated carbocycles. The van der Waals surface area contributed by atoms with Gasteiger partial charge in [-0.25, -0.2) is 0 Å². The quantitative estimate of drug-likeness (QED) is 0.246. The van der Waals surface area contributed by atoms with Crippen molar-refractivity contribution >= 4 is 43.2 Å². The third-order valence-corrected chi connectivity index (χ3v) is 5.99. The fourth-order valence-corrected chi connectivity index (χ4v) is 4.29. The van der Waals surface area contributed by atoms with Crippen LogP contribution in [-0.4, -0.2) is 18.0 Å². The van der Waals surface area contributed by atoms with Gasteiger partial charge in [0.2, 0.25) is 0 Å². The summed E-state index contributed by atoms with van der Waals surface area (Å²) in [6, 6.07) is 7.04. The number of nitrogens with zero attached hydrogens (tertiary/aromatic N) is 3. The Morgan fingerprint density at radius 2 is 1.31 bits per heavy atom. The van der Waals surface area contributed by atoms with E-state index >= 15 is 0 Å². The maximum atomic E-state index is 10.7. The fraction of sp³-hybridized carbons (Fsp3) is 0.333. The van der Waals surface area contributed by atoms with Crippen LogP contribution in [-0.2, 0) is 25.9 Å². The van der Waals surface area contributed by atoms with Gasteiger partial charge in [0.1, 0.15) is 0 Å². The van der Waals surface area contributed by atoms with Crippen molar-refractivity contribution in [1.82, 2.24) is 0 Å². The number of halogens is 2. The van der Waals surface area contributed by atoms with Gasteiger partial charge in [-0.15, -0.1) is 31.9 Å². The summed E-state index contributed by atoms with van der Waals surface area (Å²) in [6.45, 7) is 2.83. The number of rotatable bonds is 1. The molecule has 0 saturated heterocycles. The van der Waals surface area contributed by atoms with E-state index in [4.69, 9.17) is 5.73 Å². The number of nitro benzene ring substituents is 1. The summed E-state index contributed by atoms with van der Waals surface area (Å²) in [5.41, 5.74) is 12.6. The molecule has 0 fully saturated rings. The van der Waals surface area contributed by atoms with Gasteiger partial charge in [0.15, 0.2) is 0 Å². The van der Waals surface area contributed by atoms with Crippen molar-refractivity contribution in [1.29, 1.82) is 0 Å². The van der Waals surface area contributed by atoms with E-state index in [1.165, 1.54) is 11.6 Å². The van der Waals surface area contributed by atoms with Crippen LogP contribution in [0.15, 0.2) is 33.2 Å². The third kappa shape index (κ3) is 8.53. The molecule has 3 radical (unpaired) electrons. The predicted octanol–water partition coefficient (Wildman–Crippen LogP) is 6.35. The van der Waals surface area contributed by atoms with Crippen molar-refractivity contribution in [3.8, 4) is 0 Å². The molecule has 4 rings (SSSR count). The molecule has 0 unspecified atom stereocenters. The summed E-state index contributed by atoms with van der Waals surface area (Å²) in [4.78, 5) is 10.4. The molecule has 11 heteroatoms. The van der Waals surface area contributed by atoms with Crippen LogP contribution in [0.1, 0.15) is 22.3 Å². The second-order valence-electron chi connectivity index (χ2n) is 6.04. The monoisotopic (exact) mass is 1160 g/mol. The number of nitro groups is 1. The van der Waals surface area contributed by atoms with Gasteiger partial charge in [0.25, 0.3) is 5.69 Å². The molecule has 1 N–H and O–H groups in total. The maximum Gasteiger partial charge on any atom is 0.271 e. The zero-order valence-electron chi connectivity index (χ0n) is 15.7. The second kappa shape index (κ2) is 15.7. The average Bonchev–Trinajstić information content (AvgIpc) is 2.66. The van der Waals surface area contributed by atoms with Gasteiger partial charge in [0, 0.05) is 153 Å². The Kier molecular flexibility index (Phi) is 17.2. The molecule has 29 heavy (non-hydrogen) atoms. The maximum absolute atomic E-state index is 10.7. The number of benzene rings is 2. The minimum atomic E-state index is -0.341. The van der Waals surface area contributed by atoms with Crippen molar-refractivity contribution in [2.75, 3.05) is 13.1 Å². The van der Waals surface area contributed by atoms with E-state index < -0.39 is 0 Å². The van der Waals surface area contributed by atoms with E-state index in [-0.39, 0.29) is 143 Å². The first kappa shape index (κ1) is 31.8. The van der Waals surface area contributed by atoms with Crippen LogP contribution in [0.4, 0.5) is 11.4 Å². The molecule has 2 heterocycles. The van der Waals surface area contributed by atoms with Crippen molar-refractivity contribution in [2.45, 2.75) is 25.9 Å². The van der Waals surface area contributed by atoms with Crippen LogP contribution >= 0.6 is 31.9 Å². The van der Waals surface area contributed by atoms with Crippen LogP contribution in [0.25, 0.3) is 16.4 Å². The topological polar surface area (TPSA) is 95.1 Å². The molecule has 2 aliphatic heterocycles. The summed E-state index contributed by atoms with van der Waals surface area (Å²) in [6.07, 6.45) is 1.76. The summed E-state index contributed by atoms with van der Waals surface area (Å²) in [5.74, 6) is 0. The molecule has 0 amide bonds. The molecule has 2 aliphatic rings. The molecule has 147 valence electrons. The SMILES string of the molecule is O=[N+]([O-])c1ccc(Br)c2c1C[N-]CC2.[Ac].[Ac].[Ac].[NH-]c1ccc(Br)c2c1C[N-]CC2. The molecule has 0 aliphatic carbocycles. The Balaban J connectivity index is 0.000000494. The van der Waals surface area contributed by atoms with Gasteiger partial charge >= 0.3 is 0 Å². The van der Waals surface area contributed by atoms with Crippen molar-refractivity contribution in [2.24, 2.45) is 0 Å². The van der Waals surface area contributed by atoms with Crippen LogP contribution < -0.4 is 0 Å². The molecular weight excluding hydrogens is 1150 g/mol. The first-order chi connectivity index (χ1) is 12.5. The Morgan fingerprint density at radius 3 is 1.83 bits per heavy atom. The smallest absolute Gasteiger partial charge is 0.271 e. The second-order valence-corrected chi connectivity index (χ2v) is 7.75. The Morgan fingerprint density at radius 1 is 0.828 bits per heavy atom. The van der Waals surface area contributed by atoms with Crippen LogP contribution in [0.2, 0.25) is 0 Å².